The van der Waals surface area contributed by atoms with E-state index in [0.717, 1.165) is 31.6 Å². The lowest BCUT2D eigenvalue weighted by Gasteiger charge is -2.24. The van der Waals surface area contributed by atoms with Crippen LogP contribution in [-0.4, -0.2) is 32.3 Å². The van der Waals surface area contributed by atoms with Crippen molar-refractivity contribution in [2.24, 2.45) is 5.41 Å². The minimum atomic E-state index is 0.401. The van der Waals surface area contributed by atoms with Crippen LogP contribution in [0.2, 0.25) is 0 Å². The molecule has 1 unspecified atom stereocenters. The summed E-state index contributed by atoms with van der Waals surface area (Å²) in [5, 5.41) is 1.06. The standard InChI is InChI=1S/C9H17BrO2/c1-11-5-2-3-9(7-10)4-6-12-8-9/h2-8H2,1H3. The zero-order chi connectivity index (χ0) is 8.86. The highest BCUT2D eigenvalue weighted by atomic mass is 79.9. The van der Waals surface area contributed by atoms with E-state index in [2.05, 4.69) is 15.9 Å². The molecular formula is C9H17BrO2. The summed E-state index contributed by atoms with van der Waals surface area (Å²) in [7, 11) is 1.76. The van der Waals surface area contributed by atoms with Crippen LogP contribution in [-0.2, 0) is 9.47 Å². The third-order valence-corrected chi connectivity index (χ3v) is 3.71. The first-order chi connectivity index (χ1) is 5.83. The van der Waals surface area contributed by atoms with Crippen molar-refractivity contribution in [1.82, 2.24) is 0 Å². The molecule has 0 aromatic carbocycles. The summed E-state index contributed by atoms with van der Waals surface area (Å²) < 4.78 is 10.4. The van der Waals surface area contributed by atoms with E-state index in [-0.39, 0.29) is 0 Å². The lowest BCUT2D eigenvalue weighted by Crippen LogP contribution is -2.23. The average Bonchev–Trinajstić information content (AvgIpc) is 2.55. The summed E-state index contributed by atoms with van der Waals surface area (Å²) >= 11 is 3.56. The van der Waals surface area contributed by atoms with Crippen molar-refractivity contribution in [3.05, 3.63) is 0 Å². The summed E-state index contributed by atoms with van der Waals surface area (Å²) in [6.45, 7) is 2.72. The van der Waals surface area contributed by atoms with Crippen LogP contribution in [0.25, 0.3) is 0 Å². The van der Waals surface area contributed by atoms with Gasteiger partial charge in [-0.2, -0.15) is 0 Å². The molecule has 1 atom stereocenters. The lowest BCUT2D eigenvalue weighted by atomic mass is 9.85. The fourth-order valence-electron chi connectivity index (χ4n) is 1.61. The van der Waals surface area contributed by atoms with Crippen LogP contribution >= 0.6 is 15.9 Å². The van der Waals surface area contributed by atoms with Gasteiger partial charge in [-0.05, 0) is 19.3 Å². The lowest BCUT2D eigenvalue weighted by molar-refractivity contribution is 0.141. The van der Waals surface area contributed by atoms with E-state index in [0.29, 0.717) is 5.41 Å². The van der Waals surface area contributed by atoms with Gasteiger partial charge in [0.05, 0.1) is 6.61 Å². The number of methoxy groups -OCH3 is 1. The second kappa shape index (κ2) is 5.20. The zero-order valence-electron chi connectivity index (χ0n) is 7.64. The third-order valence-electron chi connectivity index (χ3n) is 2.52. The Balaban J connectivity index is 2.24. The molecule has 3 heteroatoms. The van der Waals surface area contributed by atoms with Crippen LogP contribution in [0.15, 0.2) is 0 Å². The van der Waals surface area contributed by atoms with Crippen molar-refractivity contribution < 1.29 is 9.47 Å². The maximum absolute atomic E-state index is 5.41. The molecule has 0 amide bonds. The molecular weight excluding hydrogens is 220 g/mol. The molecule has 1 saturated heterocycles. The monoisotopic (exact) mass is 236 g/mol. The second-order valence-corrected chi connectivity index (χ2v) is 4.09. The fourth-order valence-corrected chi connectivity index (χ4v) is 2.33. The number of alkyl halides is 1. The second-order valence-electron chi connectivity index (χ2n) is 3.53. The smallest absolute Gasteiger partial charge is 0.0531 e. The highest BCUT2D eigenvalue weighted by Crippen LogP contribution is 2.35. The van der Waals surface area contributed by atoms with Gasteiger partial charge in [0.1, 0.15) is 0 Å². The molecule has 12 heavy (non-hydrogen) atoms. The van der Waals surface area contributed by atoms with Crippen molar-refractivity contribution in [1.29, 1.82) is 0 Å². The predicted octanol–water partition coefficient (Wildman–Crippen LogP) is 2.21. The topological polar surface area (TPSA) is 18.5 Å². The summed E-state index contributed by atoms with van der Waals surface area (Å²) in [4.78, 5) is 0. The molecule has 1 aliphatic heterocycles. The van der Waals surface area contributed by atoms with Gasteiger partial charge >= 0.3 is 0 Å². The van der Waals surface area contributed by atoms with E-state index >= 15 is 0 Å². The van der Waals surface area contributed by atoms with Crippen molar-refractivity contribution in [2.45, 2.75) is 19.3 Å². The molecule has 0 spiro atoms. The Kier molecular flexibility index (Phi) is 4.54. The van der Waals surface area contributed by atoms with Gasteiger partial charge in [-0.1, -0.05) is 15.9 Å². The molecule has 0 aromatic rings. The fraction of sp³-hybridized carbons (Fsp3) is 1.00. The van der Waals surface area contributed by atoms with E-state index in [1.165, 1.54) is 12.8 Å². The highest BCUT2D eigenvalue weighted by molar-refractivity contribution is 9.09. The number of hydrogen-bond acceptors (Lipinski definition) is 2. The Morgan fingerprint density at radius 2 is 2.42 bits per heavy atom. The number of halogens is 1. The Morgan fingerprint density at radius 1 is 1.58 bits per heavy atom. The van der Waals surface area contributed by atoms with Gasteiger partial charge in [0.2, 0.25) is 0 Å². The molecule has 0 aromatic heterocycles. The quantitative estimate of drug-likeness (QED) is 0.539. The molecule has 0 saturated carbocycles. The van der Waals surface area contributed by atoms with E-state index < -0.39 is 0 Å². The van der Waals surface area contributed by atoms with Gasteiger partial charge in [-0.25, -0.2) is 0 Å². The zero-order valence-corrected chi connectivity index (χ0v) is 9.23. The maximum Gasteiger partial charge on any atom is 0.0531 e. The molecule has 0 aliphatic carbocycles. The van der Waals surface area contributed by atoms with Crippen LogP contribution in [0.5, 0.6) is 0 Å². The number of hydrogen-bond donors (Lipinski definition) is 0. The first kappa shape index (κ1) is 10.5. The van der Waals surface area contributed by atoms with Gasteiger partial charge in [0, 0.05) is 31.1 Å². The van der Waals surface area contributed by atoms with Crippen LogP contribution in [0, 0.1) is 5.41 Å². The van der Waals surface area contributed by atoms with E-state index in [1.807, 2.05) is 0 Å². The third kappa shape index (κ3) is 2.71. The molecule has 1 aliphatic rings. The van der Waals surface area contributed by atoms with Gasteiger partial charge in [-0.3, -0.25) is 0 Å². The van der Waals surface area contributed by atoms with Gasteiger partial charge < -0.3 is 9.47 Å². The number of ether oxygens (including phenoxy) is 2. The Labute approximate surface area is 82.7 Å². The summed E-state index contributed by atoms with van der Waals surface area (Å²) in [5.74, 6) is 0. The molecule has 0 bridgehead atoms. The average molecular weight is 237 g/mol. The van der Waals surface area contributed by atoms with Gasteiger partial charge in [-0.15, -0.1) is 0 Å². The molecule has 1 fully saturated rings. The molecule has 2 nitrogen and oxygen atoms in total. The Bertz CT molecular complexity index is 122. The Morgan fingerprint density at radius 3 is 2.92 bits per heavy atom. The Hall–Kier alpha value is 0.400. The van der Waals surface area contributed by atoms with Crippen LogP contribution in [0.4, 0.5) is 0 Å². The van der Waals surface area contributed by atoms with Crippen molar-refractivity contribution >= 4 is 15.9 Å². The van der Waals surface area contributed by atoms with Crippen LogP contribution < -0.4 is 0 Å². The molecule has 0 radical (unpaired) electrons. The van der Waals surface area contributed by atoms with Crippen molar-refractivity contribution in [3.8, 4) is 0 Å². The first-order valence-corrected chi connectivity index (χ1v) is 5.58. The molecule has 1 rings (SSSR count). The first-order valence-electron chi connectivity index (χ1n) is 4.46. The van der Waals surface area contributed by atoms with Crippen LogP contribution in [0.1, 0.15) is 19.3 Å². The highest BCUT2D eigenvalue weighted by Gasteiger charge is 2.32. The normalized spacial score (nSPS) is 29.5. The van der Waals surface area contributed by atoms with Crippen molar-refractivity contribution in [3.63, 3.8) is 0 Å². The van der Waals surface area contributed by atoms with E-state index in [1.54, 1.807) is 7.11 Å². The van der Waals surface area contributed by atoms with Gasteiger partial charge in [0.15, 0.2) is 0 Å². The minimum absolute atomic E-state index is 0.401. The summed E-state index contributed by atoms with van der Waals surface area (Å²) in [6.07, 6.45) is 3.56. The molecule has 72 valence electrons. The minimum Gasteiger partial charge on any atom is -0.385 e. The SMILES string of the molecule is COCCCC1(CBr)CCOC1. The predicted molar refractivity (Wildman–Crippen MR) is 52.8 cm³/mol. The van der Waals surface area contributed by atoms with Gasteiger partial charge in [0.25, 0.3) is 0 Å². The number of rotatable bonds is 5. The summed E-state index contributed by atoms with van der Waals surface area (Å²) in [6, 6.07) is 0. The van der Waals surface area contributed by atoms with Crippen molar-refractivity contribution in [2.75, 3.05) is 32.3 Å². The molecule has 1 heterocycles. The van der Waals surface area contributed by atoms with Crippen LogP contribution in [0.3, 0.4) is 0 Å². The molecule has 0 N–H and O–H groups in total. The van der Waals surface area contributed by atoms with E-state index in [4.69, 9.17) is 9.47 Å². The maximum atomic E-state index is 5.41. The van der Waals surface area contributed by atoms with E-state index in [9.17, 15) is 0 Å². The largest absolute Gasteiger partial charge is 0.385 e. The summed E-state index contributed by atoms with van der Waals surface area (Å²) in [5.41, 5.74) is 0.401.